The third-order valence-corrected chi connectivity index (χ3v) is 2.79. The van der Waals surface area contributed by atoms with E-state index in [9.17, 15) is 14.4 Å². The Balaban J connectivity index is 1.84. The van der Waals surface area contributed by atoms with Gasteiger partial charge in [-0.15, -0.1) is 0 Å². The number of carbonyl (C=O) groups is 3. The van der Waals surface area contributed by atoms with Crippen LogP contribution in [-0.4, -0.2) is 35.8 Å². The van der Waals surface area contributed by atoms with Gasteiger partial charge in [0.05, 0.1) is 18.4 Å². The number of ether oxygens (including phenoxy) is 1. The number of amides is 2. The topological polar surface area (TPSA) is 63.7 Å². The summed E-state index contributed by atoms with van der Waals surface area (Å²) in [5.74, 6) is -0.828. The molecule has 2 atom stereocenters. The van der Waals surface area contributed by atoms with Gasteiger partial charge in [-0.2, -0.15) is 0 Å². The lowest BCUT2D eigenvalue weighted by Crippen LogP contribution is -2.33. The number of imide groups is 1. The van der Waals surface area contributed by atoms with Crippen molar-refractivity contribution < 1.29 is 19.1 Å². The standard InChI is InChI=1S/C11H13NO4/c1-2-16-9(13)4-3-5-12-10(14)7-6-8(7)11(12)15/h3-4,7-8H,2,5-6H2,1H3/b4-3+. The van der Waals surface area contributed by atoms with Crippen molar-refractivity contribution in [3.8, 4) is 0 Å². The Morgan fingerprint density at radius 2 is 2.06 bits per heavy atom. The fraction of sp³-hybridized carbons (Fsp3) is 0.545. The number of likely N-dealkylation sites (tertiary alicyclic amines) is 1. The molecule has 0 aromatic heterocycles. The Kier molecular flexibility index (Phi) is 2.77. The van der Waals surface area contributed by atoms with E-state index in [-0.39, 0.29) is 30.2 Å². The van der Waals surface area contributed by atoms with E-state index in [2.05, 4.69) is 4.74 Å². The van der Waals surface area contributed by atoms with Gasteiger partial charge in [-0.3, -0.25) is 14.5 Å². The minimum Gasteiger partial charge on any atom is -0.463 e. The average Bonchev–Trinajstić information content (AvgIpc) is 2.98. The van der Waals surface area contributed by atoms with Crippen LogP contribution in [0.5, 0.6) is 0 Å². The van der Waals surface area contributed by atoms with Crippen molar-refractivity contribution in [3.05, 3.63) is 12.2 Å². The number of nitrogens with zero attached hydrogens (tertiary/aromatic N) is 1. The molecule has 0 aromatic carbocycles. The summed E-state index contributed by atoms with van der Waals surface area (Å²) in [5, 5.41) is 0. The van der Waals surface area contributed by atoms with Crippen LogP contribution >= 0.6 is 0 Å². The Labute approximate surface area is 93.0 Å². The highest BCUT2D eigenvalue weighted by atomic mass is 16.5. The molecule has 2 rings (SSSR count). The van der Waals surface area contributed by atoms with Crippen molar-refractivity contribution in [3.63, 3.8) is 0 Å². The molecule has 16 heavy (non-hydrogen) atoms. The second kappa shape index (κ2) is 4.08. The summed E-state index contributed by atoms with van der Waals surface area (Å²) in [6.07, 6.45) is 3.43. The first kappa shape index (κ1) is 10.9. The number of carbonyl (C=O) groups excluding carboxylic acids is 3. The minimum absolute atomic E-state index is 0.0801. The van der Waals surface area contributed by atoms with E-state index >= 15 is 0 Å². The van der Waals surface area contributed by atoms with Gasteiger partial charge in [-0.25, -0.2) is 4.79 Å². The Hall–Kier alpha value is -1.65. The molecule has 1 heterocycles. The van der Waals surface area contributed by atoms with Gasteiger partial charge in [0.1, 0.15) is 0 Å². The predicted molar refractivity (Wildman–Crippen MR) is 54.1 cm³/mol. The lowest BCUT2D eigenvalue weighted by molar-refractivity contribution is -0.141. The predicted octanol–water partition coefficient (Wildman–Crippen LogP) is 0.111. The quantitative estimate of drug-likeness (QED) is 0.385. The molecule has 0 bridgehead atoms. The molecule has 0 N–H and O–H groups in total. The summed E-state index contributed by atoms with van der Waals surface area (Å²) < 4.78 is 4.68. The summed E-state index contributed by atoms with van der Waals surface area (Å²) in [4.78, 5) is 35.2. The highest BCUT2D eigenvalue weighted by molar-refractivity contribution is 6.09. The molecule has 2 aliphatic rings. The lowest BCUT2D eigenvalue weighted by atomic mass is 10.4. The molecule has 5 nitrogen and oxygen atoms in total. The Morgan fingerprint density at radius 3 is 2.62 bits per heavy atom. The van der Waals surface area contributed by atoms with E-state index in [0.717, 1.165) is 0 Å². The molecule has 2 fully saturated rings. The molecule has 1 aliphatic carbocycles. The molecule has 86 valence electrons. The van der Waals surface area contributed by atoms with E-state index in [1.807, 2.05) is 0 Å². The highest BCUT2D eigenvalue weighted by Crippen LogP contribution is 2.46. The second-order valence-corrected chi connectivity index (χ2v) is 3.89. The molecular weight excluding hydrogens is 210 g/mol. The van der Waals surface area contributed by atoms with Gasteiger partial charge in [-0.1, -0.05) is 6.08 Å². The molecule has 1 saturated heterocycles. The second-order valence-electron chi connectivity index (χ2n) is 3.89. The molecule has 1 saturated carbocycles. The van der Waals surface area contributed by atoms with Crippen LogP contribution in [0.3, 0.4) is 0 Å². The zero-order valence-electron chi connectivity index (χ0n) is 9.01. The van der Waals surface area contributed by atoms with Gasteiger partial charge >= 0.3 is 5.97 Å². The minimum atomic E-state index is -0.452. The SMILES string of the molecule is CCOC(=O)/C=C/CN1C(=O)C2CC2C1=O. The molecule has 0 aromatic rings. The van der Waals surface area contributed by atoms with Crippen LogP contribution in [-0.2, 0) is 19.1 Å². The molecule has 1 aliphatic heterocycles. The molecule has 0 radical (unpaired) electrons. The van der Waals surface area contributed by atoms with Crippen LogP contribution in [0, 0.1) is 11.8 Å². The zero-order chi connectivity index (χ0) is 11.7. The van der Waals surface area contributed by atoms with Gasteiger partial charge in [-0.05, 0) is 13.3 Å². The van der Waals surface area contributed by atoms with Crippen molar-refractivity contribution >= 4 is 17.8 Å². The van der Waals surface area contributed by atoms with Gasteiger partial charge < -0.3 is 4.74 Å². The molecule has 2 amide bonds. The highest BCUT2D eigenvalue weighted by Gasteiger charge is 2.58. The van der Waals surface area contributed by atoms with E-state index in [1.54, 1.807) is 6.92 Å². The number of fused-ring (bicyclic) bond motifs is 1. The first-order chi connectivity index (χ1) is 7.65. The number of hydrogen-bond acceptors (Lipinski definition) is 4. The fourth-order valence-corrected chi connectivity index (χ4v) is 1.87. The monoisotopic (exact) mass is 223 g/mol. The van der Waals surface area contributed by atoms with Crippen molar-refractivity contribution in [2.75, 3.05) is 13.2 Å². The van der Waals surface area contributed by atoms with Gasteiger partial charge in [0, 0.05) is 12.6 Å². The number of esters is 1. The largest absolute Gasteiger partial charge is 0.463 e. The fourth-order valence-electron chi connectivity index (χ4n) is 1.87. The number of rotatable bonds is 4. The van der Waals surface area contributed by atoms with Crippen LogP contribution < -0.4 is 0 Å². The van der Waals surface area contributed by atoms with Crippen molar-refractivity contribution in [1.82, 2.24) is 4.90 Å². The number of piperidine rings is 1. The maximum absolute atomic E-state index is 11.5. The van der Waals surface area contributed by atoms with Crippen LogP contribution in [0.15, 0.2) is 12.2 Å². The van der Waals surface area contributed by atoms with Crippen LogP contribution in [0.2, 0.25) is 0 Å². The Bertz CT molecular complexity index is 354. The van der Waals surface area contributed by atoms with Crippen molar-refractivity contribution in [2.24, 2.45) is 11.8 Å². The first-order valence-electron chi connectivity index (χ1n) is 5.33. The maximum atomic E-state index is 11.5. The first-order valence-corrected chi connectivity index (χ1v) is 5.33. The molecule has 0 spiro atoms. The van der Waals surface area contributed by atoms with Crippen LogP contribution in [0.25, 0.3) is 0 Å². The zero-order valence-corrected chi connectivity index (χ0v) is 9.01. The third-order valence-electron chi connectivity index (χ3n) is 2.79. The van der Waals surface area contributed by atoms with Crippen molar-refractivity contribution in [1.29, 1.82) is 0 Å². The lowest BCUT2D eigenvalue weighted by Gasteiger charge is -2.13. The summed E-state index contributed by atoms with van der Waals surface area (Å²) in [6.45, 7) is 2.20. The summed E-state index contributed by atoms with van der Waals surface area (Å²) >= 11 is 0. The van der Waals surface area contributed by atoms with Gasteiger partial charge in [0.15, 0.2) is 0 Å². The van der Waals surface area contributed by atoms with Crippen LogP contribution in [0.4, 0.5) is 0 Å². The number of hydrogen-bond donors (Lipinski definition) is 0. The van der Waals surface area contributed by atoms with E-state index in [4.69, 9.17) is 0 Å². The normalized spacial score (nSPS) is 27.4. The molecular formula is C11H13NO4. The van der Waals surface area contributed by atoms with E-state index < -0.39 is 5.97 Å². The average molecular weight is 223 g/mol. The van der Waals surface area contributed by atoms with E-state index in [1.165, 1.54) is 17.1 Å². The Morgan fingerprint density at radius 1 is 1.44 bits per heavy atom. The van der Waals surface area contributed by atoms with Gasteiger partial charge in [0.25, 0.3) is 0 Å². The summed E-state index contributed by atoms with van der Waals surface area (Å²) in [7, 11) is 0. The third kappa shape index (κ3) is 1.85. The van der Waals surface area contributed by atoms with Crippen molar-refractivity contribution in [2.45, 2.75) is 13.3 Å². The van der Waals surface area contributed by atoms with Gasteiger partial charge in [0.2, 0.25) is 11.8 Å². The van der Waals surface area contributed by atoms with Crippen LogP contribution in [0.1, 0.15) is 13.3 Å². The maximum Gasteiger partial charge on any atom is 0.330 e. The summed E-state index contributed by atoms with van der Waals surface area (Å²) in [6, 6.07) is 0. The smallest absolute Gasteiger partial charge is 0.330 e. The van der Waals surface area contributed by atoms with E-state index in [0.29, 0.717) is 13.0 Å². The summed E-state index contributed by atoms with van der Waals surface area (Å²) in [5.41, 5.74) is 0. The molecule has 2 unspecified atom stereocenters. The molecule has 5 heteroatoms.